The van der Waals surface area contributed by atoms with Crippen molar-refractivity contribution in [1.82, 2.24) is 0 Å². The van der Waals surface area contributed by atoms with E-state index in [9.17, 15) is 4.79 Å². The fourth-order valence-corrected chi connectivity index (χ4v) is 3.65. The van der Waals surface area contributed by atoms with Gasteiger partial charge in [-0.25, -0.2) is 4.79 Å². The first kappa shape index (κ1) is 12.2. The van der Waals surface area contributed by atoms with Crippen molar-refractivity contribution in [2.24, 2.45) is 5.92 Å². The average Bonchev–Trinajstić information content (AvgIpc) is 2.62. The predicted molar refractivity (Wildman–Crippen MR) is 69.4 cm³/mol. The molecule has 0 amide bonds. The first-order valence-corrected chi connectivity index (χ1v) is 7.13. The van der Waals surface area contributed by atoms with Crippen molar-refractivity contribution in [2.45, 2.75) is 42.6 Å². The fourth-order valence-electron chi connectivity index (χ4n) is 2.48. The van der Waals surface area contributed by atoms with E-state index in [1.807, 2.05) is 6.92 Å². The molecule has 3 atom stereocenters. The van der Waals surface area contributed by atoms with E-state index < -0.39 is 0 Å². The van der Waals surface area contributed by atoms with Crippen molar-refractivity contribution in [3.63, 3.8) is 0 Å². The summed E-state index contributed by atoms with van der Waals surface area (Å²) in [6, 6.07) is 0. The first-order valence-electron chi connectivity index (χ1n) is 5.88. The van der Waals surface area contributed by atoms with Gasteiger partial charge in [-0.3, -0.25) is 0 Å². The Morgan fingerprint density at radius 2 is 2.44 bits per heavy atom. The van der Waals surface area contributed by atoms with Gasteiger partial charge in [0.05, 0.1) is 12.7 Å². The Morgan fingerprint density at radius 3 is 3.12 bits per heavy atom. The summed E-state index contributed by atoms with van der Waals surface area (Å²) in [5.41, 5.74) is 0. The SMILES string of the molecule is CCOC(=O)/C=C1/C[C@H]2CCC[C@H](I)[C@H]2O1. The molecule has 90 valence electrons. The summed E-state index contributed by atoms with van der Waals surface area (Å²) >= 11 is 2.47. The van der Waals surface area contributed by atoms with Gasteiger partial charge >= 0.3 is 5.97 Å². The van der Waals surface area contributed by atoms with E-state index in [2.05, 4.69) is 22.6 Å². The van der Waals surface area contributed by atoms with Crippen molar-refractivity contribution < 1.29 is 14.3 Å². The highest BCUT2D eigenvalue weighted by molar-refractivity contribution is 14.1. The summed E-state index contributed by atoms with van der Waals surface area (Å²) < 4.78 is 11.3. The molecule has 2 fully saturated rings. The molecular weight excluding hydrogens is 319 g/mol. The van der Waals surface area contributed by atoms with E-state index >= 15 is 0 Å². The van der Waals surface area contributed by atoms with Crippen LogP contribution < -0.4 is 0 Å². The number of esters is 1. The number of allylic oxidation sites excluding steroid dienone is 1. The minimum Gasteiger partial charge on any atom is -0.493 e. The molecule has 1 heterocycles. The first-order chi connectivity index (χ1) is 7.70. The van der Waals surface area contributed by atoms with Crippen LogP contribution in [-0.2, 0) is 14.3 Å². The molecule has 1 saturated heterocycles. The second-order valence-electron chi connectivity index (χ2n) is 4.36. The highest BCUT2D eigenvalue weighted by Gasteiger charge is 2.39. The number of fused-ring (bicyclic) bond motifs is 1. The third-order valence-electron chi connectivity index (χ3n) is 3.19. The van der Waals surface area contributed by atoms with Gasteiger partial charge in [0.15, 0.2) is 0 Å². The fraction of sp³-hybridized carbons (Fsp3) is 0.750. The van der Waals surface area contributed by atoms with Gasteiger partial charge in [-0.2, -0.15) is 0 Å². The minimum atomic E-state index is -0.277. The third-order valence-corrected chi connectivity index (χ3v) is 4.52. The average molecular weight is 336 g/mol. The number of hydrogen-bond acceptors (Lipinski definition) is 3. The maximum Gasteiger partial charge on any atom is 0.334 e. The smallest absolute Gasteiger partial charge is 0.334 e. The molecule has 1 saturated carbocycles. The Hall–Kier alpha value is -0.260. The van der Waals surface area contributed by atoms with Gasteiger partial charge in [-0.1, -0.05) is 29.0 Å². The third kappa shape index (κ3) is 2.70. The van der Waals surface area contributed by atoms with Crippen molar-refractivity contribution in [3.05, 3.63) is 11.8 Å². The zero-order valence-electron chi connectivity index (χ0n) is 9.45. The van der Waals surface area contributed by atoms with Gasteiger partial charge in [0, 0.05) is 16.3 Å². The zero-order chi connectivity index (χ0) is 11.5. The van der Waals surface area contributed by atoms with Crippen LogP contribution in [0.2, 0.25) is 0 Å². The highest BCUT2D eigenvalue weighted by Crippen LogP contribution is 2.42. The Bertz CT molecular complexity index is 301. The molecule has 0 aromatic heterocycles. The number of rotatable bonds is 2. The molecule has 4 heteroatoms. The summed E-state index contributed by atoms with van der Waals surface area (Å²) in [4.78, 5) is 11.3. The number of ether oxygens (including phenoxy) is 2. The van der Waals surface area contributed by atoms with Crippen LogP contribution in [0.15, 0.2) is 11.8 Å². The molecule has 0 spiro atoms. The second-order valence-corrected chi connectivity index (χ2v) is 5.96. The normalized spacial score (nSPS) is 35.6. The quantitative estimate of drug-likeness (QED) is 0.337. The number of halogens is 1. The molecule has 2 rings (SSSR count). The summed E-state index contributed by atoms with van der Waals surface area (Å²) in [6.45, 7) is 2.23. The van der Waals surface area contributed by atoms with Crippen molar-refractivity contribution >= 4 is 28.6 Å². The van der Waals surface area contributed by atoms with Crippen molar-refractivity contribution in [1.29, 1.82) is 0 Å². The molecule has 0 aromatic carbocycles. The maximum absolute atomic E-state index is 11.3. The van der Waals surface area contributed by atoms with Crippen LogP contribution >= 0.6 is 22.6 Å². The standard InChI is InChI=1S/C12H17IO3/c1-2-15-11(14)7-9-6-8-4-3-5-10(13)12(8)16-9/h7-8,10,12H,2-6H2,1H3/b9-7-/t8-,10+,12+/m1/s1. The Labute approximate surface area is 110 Å². The van der Waals surface area contributed by atoms with Crippen molar-refractivity contribution in [2.75, 3.05) is 6.61 Å². The molecule has 2 aliphatic rings. The minimum absolute atomic E-state index is 0.277. The Kier molecular flexibility index (Phi) is 4.10. The number of hydrogen-bond donors (Lipinski definition) is 0. The van der Waals surface area contributed by atoms with Crippen LogP contribution in [0.5, 0.6) is 0 Å². The molecule has 0 radical (unpaired) electrons. The molecule has 16 heavy (non-hydrogen) atoms. The van der Waals surface area contributed by atoms with E-state index in [0.717, 1.165) is 12.2 Å². The summed E-state index contributed by atoms with van der Waals surface area (Å²) in [6.07, 6.45) is 6.48. The van der Waals surface area contributed by atoms with Gasteiger partial charge < -0.3 is 9.47 Å². The number of carbonyl (C=O) groups is 1. The topological polar surface area (TPSA) is 35.5 Å². The lowest BCUT2D eigenvalue weighted by Crippen LogP contribution is -2.30. The Morgan fingerprint density at radius 1 is 1.62 bits per heavy atom. The number of carbonyl (C=O) groups excluding carboxylic acids is 1. The van der Waals surface area contributed by atoms with Gasteiger partial charge in [0.2, 0.25) is 0 Å². The van der Waals surface area contributed by atoms with Crippen LogP contribution in [0.25, 0.3) is 0 Å². The summed E-state index contributed by atoms with van der Waals surface area (Å²) in [5.74, 6) is 1.15. The molecule has 1 aliphatic heterocycles. The van der Waals surface area contributed by atoms with Crippen LogP contribution in [0.1, 0.15) is 32.6 Å². The van der Waals surface area contributed by atoms with Crippen LogP contribution in [0.3, 0.4) is 0 Å². The van der Waals surface area contributed by atoms with E-state index in [1.54, 1.807) is 0 Å². The van der Waals surface area contributed by atoms with Crippen LogP contribution in [-0.4, -0.2) is 22.6 Å². The lowest BCUT2D eigenvalue weighted by Gasteiger charge is -2.28. The van der Waals surface area contributed by atoms with E-state index in [4.69, 9.17) is 9.47 Å². The lowest BCUT2D eigenvalue weighted by atomic mass is 9.86. The van der Waals surface area contributed by atoms with Crippen molar-refractivity contribution in [3.8, 4) is 0 Å². The molecule has 0 bridgehead atoms. The monoisotopic (exact) mass is 336 g/mol. The number of alkyl halides is 1. The molecule has 1 aliphatic carbocycles. The van der Waals surface area contributed by atoms with Gasteiger partial charge in [-0.15, -0.1) is 0 Å². The Balaban J connectivity index is 1.98. The summed E-state index contributed by atoms with van der Waals surface area (Å²) in [5, 5.41) is 0. The van der Waals surface area contributed by atoms with E-state index in [0.29, 0.717) is 22.6 Å². The molecular formula is C12H17IO3. The molecule has 3 nitrogen and oxygen atoms in total. The van der Waals surface area contributed by atoms with Crippen LogP contribution in [0, 0.1) is 5.92 Å². The van der Waals surface area contributed by atoms with Gasteiger partial charge in [0.25, 0.3) is 0 Å². The lowest BCUT2D eigenvalue weighted by molar-refractivity contribution is -0.137. The molecule has 0 unspecified atom stereocenters. The van der Waals surface area contributed by atoms with Crippen LogP contribution in [0.4, 0.5) is 0 Å². The highest BCUT2D eigenvalue weighted by atomic mass is 127. The van der Waals surface area contributed by atoms with E-state index in [-0.39, 0.29) is 5.97 Å². The molecule has 0 N–H and O–H groups in total. The zero-order valence-corrected chi connectivity index (χ0v) is 11.6. The maximum atomic E-state index is 11.3. The molecule has 0 aromatic rings. The van der Waals surface area contributed by atoms with Gasteiger partial charge in [-0.05, 0) is 19.8 Å². The predicted octanol–water partition coefficient (Wildman–Crippen LogP) is 2.83. The summed E-state index contributed by atoms with van der Waals surface area (Å²) in [7, 11) is 0. The van der Waals surface area contributed by atoms with Gasteiger partial charge in [0.1, 0.15) is 11.9 Å². The second kappa shape index (κ2) is 5.38. The largest absolute Gasteiger partial charge is 0.493 e. The van der Waals surface area contributed by atoms with E-state index in [1.165, 1.54) is 25.3 Å².